The first kappa shape index (κ1) is 21.4. The average Bonchev–Trinajstić information content (AvgIpc) is 2.89. The smallest absolute Gasteiger partial charge is 0.258 e. The summed E-state index contributed by atoms with van der Waals surface area (Å²) in [5, 5.41) is 36.7. The molecular formula is C28H17N5O2+2. The number of fused-ring (bicyclic) bond motifs is 4. The summed E-state index contributed by atoms with van der Waals surface area (Å²) in [5.74, 6) is 0. The lowest BCUT2D eigenvalue weighted by Crippen LogP contribution is -1.88. The molecule has 0 aliphatic carbocycles. The Bertz CT molecular complexity index is 1870. The highest BCUT2D eigenvalue weighted by molar-refractivity contribution is 6.04. The molecule has 0 radical (unpaired) electrons. The molecule has 0 aliphatic heterocycles. The van der Waals surface area contributed by atoms with Gasteiger partial charge in [-0.15, -0.1) is 0 Å². The van der Waals surface area contributed by atoms with Crippen LogP contribution in [0.3, 0.4) is 0 Å². The van der Waals surface area contributed by atoms with E-state index >= 15 is 0 Å². The minimum atomic E-state index is -0.552. The molecule has 0 unspecified atom stereocenters. The van der Waals surface area contributed by atoms with Crippen molar-refractivity contribution in [2.24, 2.45) is 0 Å². The lowest BCUT2D eigenvalue weighted by atomic mass is 10.0. The zero-order valence-corrected chi connectivity index (χ0v) is 18.4. The molecule has 0 heterocycles. The monoisotopic (exact) mass is 455 g/mol. The summed E-state index contributed by atoms with van der Waals surface area (Å²) < 4.78 is 0. The molecule has 164 valence electrons. The molecule has 0 amide bonds. The van der Waals surface area contributed by atoms with Crippen LogP contribution in [0.5, 0.6) is 0 Å². The van der Waals surface area contributed by atoms with Crippen molar-refractivity contribution in [3.8, 4) is 0 Å². The number of rotatable bonds is 1. The fourth-order valence-electron chi connectivity index (χ4n) is 4.23. The minimum Gasteiger partial charge on any atom is -0.258 e. The number of nitrogens with zero attached hydrogens (tertiary/aromatic N) is 5. The molecule has 0 spiro atoms. The van der Waals surface area contributed by atoms with E-state index in [0.717, 1.165) is 37.7 Å². The van der Waals surface area contributed by atoms with Gasteiger partial charge in [-0.1, -0.05) is 60.7 Å². The van der Waals surface area contributed by atoms with Crippen LogP contribution in [0.15, 0.2) is 103 Å². The highest BCUT2D eigenvalue weighted by Crippen LogP contribution is 2.34. The van der Waals surface area contributed by atoms with Crippen molar-refractivity contribution < 1.29 is 4.92 Å². The van der Waals surface area contributed by atoms with E-state index in [9.17, 15) is 10.1 Å². The van der Waals surface area contributed by atoms with Gasteiger partial charge >= 0.3 is 17.1 Å². The van der Waals surface area contributed by atoms with E-state index in [1.54, 1.807) is 6.07 Å². The molecule has 35 heavy (non-hydrogen) atoms. The zero-order valence-electron chi connectivity index (χ0n) is 18.4. The third-order valence-corrected chi connectivity index (χ3v) is 5.93. The lowest BCUT2D eigenvalue weighted by molar-refractivity contribution is -0.383. The molecule has 0 aliphatic rings. The molecule has 6 aromatic carbocycles. The molecule has 6 aromatic rings. The number of hydrogen-bond acceptors (Lipinski definition) is 4. The summed E-state index contributed by atoms with van der Waals surface area (Å²) in [6, 6.07) is 32.6. The van der Waals surface area contributed by atoms with Gasteiger partial charge in [0.2, 0.25) is 10.8 Å². The van der Waals surface area contributed by atoms with Crippen LogP contribution in [0.25, 0.3) is 53.0 Å². The molecule has 6 rings (SSSR count). The highest BCUT2D eigenvalue weighted by Gasteiger charge is 2.25. The Labute approximate surface area is 199 Å². The Hall–Kier alpha value is -5.40. The second-order valence-electron chi connectivity index (χ2n) is 8.04. The molecule has 0 bridgehead atoms. The van der Waals surface area contributed by atoms with Crippen LogP contribution in [0.2, 0.25) is 0 Å². The first-order valence-electron chi connectivity index (χ1n) is 10.8. The summed E-state index contributed by atoms with van der Waals surface area (Å²) in [6.07, 6.45) is 0. The van der Waals surface area contributed by atoms with E-state index in [2.05, 4.69) is 34.2 Å². The topological polar surface area (TPSA) is 99.4 Å². The van der Waals surface area contributed by atoms with E-state index in [1.165, 1.54) is 17.5 Å². The van der Waals surface area contributed by atoms with Gasteiger partial charge in [0.15, 0.2) is 9.95 Å². The maximum absolute atomic E-state index is 10.9. The Kier molecular flexibility index (Phi) is 5.43. The van der Waals surface area contributed by atoms with Crippen molar-refractivity contribution >= 4 is 60.2 Å². The van der Waals surface area contributed by atoms with Crippen LogP contribution < -0.4 is 0 Å². The van der Waals surface area contributed by atoms with Gasteiger partial charge in [0.05, 0.1) is 10.3 Å². The largest absolute Gasteiger partial charge is 0.461 e. The Balaban J connectivity index is 0.000000147. The fraction of sp³-hybridized carbons (Fsp3) is 0. The first-order valence-corrected chi connectivity index (χ1v) is 10.8. The third kappa shape index (κ3) is 4.06. The second-order valence-corrected chi connectivity index (χ2v) is 8.04. The summed E-state index contributed by atoms with van der Waals surface area (Å²) in [5.41, 5.74) is 0.376. The molecule has 0 saturated heterocycles. The van der Waals surface area contributed by atoms with E-state index in [4.69, 9.17) is 10.8 Å². The van der Waals surface area contributed by atoms with Gasteiger partial charge in [-0.3, -0.25) is 10.1 Å². The second kappa shape index (κ2) is 8.86. The van der Waals surface area contributed by atoms with Crippen LogP contribution in [0.1, 0.15) is 0 Å². The van der Waals surface area contributed by atoms with Gasteiger partial charge in [0.1, 0.15) is 0 Å². The summed E-state index contributed by atoms with van der Waals surface area (Å²) >= 11 is 0. The van der Waals surface area contributed by atoms with Crippen molar-refractivity contribution in [2.45, 2.75) is 0 Å². The molecule has 0 saturated carbocycles. The number of benzene rings is 6. The Morgan fingerprint density at radius 3 is 1.57 bits per heavy atom. The van der Waals surface area contributed by atoms with Crippen LogP contribution in [-0.2, 0) is 0 Å². The van der Waals surface area contributed by atoms with Crippen LogP contribution >= 0.6 is 0 Å². The predicted octanol–water partition coefficient (Wildman–Crippen LogP) is 8.86. The first-order chi connectivity index (χ1) is 17.1. The molecular weight excluding hydrogens is 438 g/mol. The number of nitro benzene ring substituents is 1. The third-order valence-electron chi connectivity index (χ3n) is 5.93. The quantitative estimate of drug-likeness (QED) is 0.107. The predicted molar refractivity (Wildman–Crippen MR) is 139 cm³/mol. The average molecular weight is 455 g/mol. The summed E-state index contributed by atoms with van der Waals surface area (Å²) in [4.78, 5) is 16.7. The molecule has 7 nitrogen and oxygen atoms in total. The van der Waals surface area contributed by atoms with Crippen molar-refractivity contribution in [3.63, 3.8) is 0 Å². The van der Waals surface area contributed by atoms with Crippen molar-refractivity contribution in [3.05, 3.63) is 123 Å². The summed E-state index contributed by atoms with van der Waals surface area (Å²) in [6.45, 7) is 0. The lowest BCUT2D eigenvalue weighted by Gasteiger charge is -2.01. The van der Waals surface area contributed by atoms with Gasteiger partial charge in [0.25, 0.3) is 0 Å². The van der Waals surface area contributed by atoms with Crippen molar-refractivity contribution in [2.75, 3.05) is 0 Å². The number of diazo groups is 2. The van der Waals surface area contributed by atoms with Gasteiger partial charge in [0, 0.05) is 18.2 Å². The number of hydrogen-bond donors (Lipinski definition) is 0. The zero-order chi connectivity index (χ0) is 24.4. The highest BCUT2D eigenvalue weighted by atomic mass is 16.6. The van der Waals surface area contributed by atoms with Crippen LogP contribution in [-0.4, -0.2) is 4.92 Å². The van der Waals surface area contributed by atoms with Crippen molar-refractivity contribution in [1.29, 1.82) is 10.8 Å². The molecule has 0 aromatic heterocycles. The van der Waals surface area contributed by atoms with Gasteiger partial charge in [-0.2, -0.15) is 0 Å². The maximum Gasteiger partial charge on any atom is 0.461 e. The maximum atomic E-state index is 10.9. The minimum absolute atomic E-state index is 0.0345. The van der Waals surface area contributed by atoms with Crippen molar-refractivity contribution in [1.82, 2.24) is 0 Å². The Morgan fingerprint density at radius 2 is 1.03 bits per heavy atom. The van der Waals surface area contributed by atoms with Crippen LogP contribution in [0, 0.1) is 20.9 Å². The standard InChI is InChI=1S/C14H8N3O2.C14H9N2/c15-16-13-7-11-5-9-3-1-2-4-10(9)6-12(11)8-14(13)17(18)19;15-16-14-7-3-6-12-8-10-4-1-2-5-11(10)9-13(12)14/h1-8H;1-9H/q2*+1. The molecule has 0 N–H and O–H groups in total. The Morgan fingerprint density at radius 1 is 0.543 bits per heavy atom. The van der Waals surface area contributed by atoms with E-state index < -0.39 is 4.92 Å². The SMILES string of the molecule is N#[N+]c1cc2cc3ccccc3cc2cc1[N+](=O)[O-].N#[N+]c1cccc2cc3ccccc3cc12. The summed E-state index contributed by atoms with van der Waals surface area (Å²) in [7, 11) is 0. The molecule has 7 heteroatoms. The van der Waals surface area contributed by atoms with Gasteiger partial charge < -0.3 is 0 Å². The van der Waals surface area contributed by atoms with E-state index in [0.29, 0.717) is 5.69 Å². The van der Waals surface area contributed by atoms with Gasteiger partial charge in [-0.25, -0.2) is 0 Å². The molecule has 0 fully saturated rings. The van der Waals surface area contributed by atoms with E-state index in [-0.39, 0.29) is 11.4 Å². The van der Waals surface area contributed by atoms with Crippen LogP contribution in [0.4, 0.5) is 17.1 Å². The van der Waals surface area contributed by atoms with Gasteiger partial charge in [-0.05, 0) is 62.0 Å². The fourth-order valence-corrected chi connectivity index (χ4v) is 4.23. The number of nitro groups is 1. The normalized spacial score (nSPS) is 10.5. The van der Waals surface area contributed by atoms with E-state index in [1.807, 2.05) is 60.7 Å². The molecule has 0 atom stereocenters.